The molecule has 2 atom stereocenters. The number of nitrogens with zero attached hydrogens (tertiary/aromatic N) is 1. The normalized spacial score (nSPS) is 23.2. The van der Waals surface area contributed by atoms with E-state index in [-0.39, 0.29) is 5.82 Å². The van der Waals surface area contributed by atoms with Crippen molar-refractivity contribution in [3.8, 4) is 0 Å². The first kappa shape index (κ1) is 12.7. The first-order valence-corrected chi connectivity index (χ1v) is 6.33. The summed E-state index contributed by atoms with van der Waals surface area (Å²) in [4.78, 5) is 25.3. The minimum absolute atomic E-state index is 0.189. The maximum Gasteiger partial charge on any atom is 0.329 e. The summed E-state index contributed by atoms with van der Waals surface area (Å²) in [6.45, 7) is 2.96. The molecule has 0 spiro atoms. The van der Waals surface area contributed by atoms with Crippen LogP contribution in [-0.4, -0.2) is 16.1 Å². The Bertz CT molecular complexity index is 546. The third-order valence-corrected chi connectivity index (χ3v) is 3.95. The topological polar surface area (TPSA) is 92.9 Å². The van der Waals surface area contributed by atoms with Crippen molar-refractivity contribution in [2.45, 2.75) is 26.2 Å². The average Bonchev–Trinajstić information content (AvgIpc) is 2.72. The lowest BCUT2D eigenvalue weighted by Gasteiger charge is -2.17. The smallest absolute Gasteiger partial charge is 0.329 e. The van der Waals surface area contributed by atoms with Crippen LogP contribution in [0.25, 0.3) is 0 Å². The molecule has 1 saturated carbocycles. The van der Waals surface area contributed by atoms with Gasteiger partial charge in [0.2, 0.25) is 0 Å². The van der Waals surface area contributed by atoms with Crippen LogP contribution < -0.4 is 22.3 Å². The Morgan fingerprint density at radius 3 is 2.78 bits per heavy atom. The Balaban J connectivity index is 2.17. The molecule has 18 heavy (non-hydrogen) atoms. The van der Waals surface area contributed by atoms with Crippen LogP contribution in [0.5, 0.6) is 0 Å². The second-order valence-electron chi connectivity index (χ2n) is 5.13. The van der Waals surface area contributed by atoms with Crippen molar-refractivity contribution in [1.29, 1.82) is 0 Å². The second-order valence-corrected chi connectivity index (χ2v) is 5.13. The van der Waals surface area contributed by atoms with E-state index < -0.39 is 11.2 Å². The second kappa shape index (κ2) is 4.88. The predicted molar refractivity (Wildman–Crippen MR) is 71.7 cm³/mol. The molecule has 0 radical (unpaired) electrons. The molecule has 2 unspecified atom stereocenters. The quantitative estimate of drug-likeness (QED) is 0.730. The van der Waals surface area contributed by atoms with Gasteiger partial charge in [-0.05, 0) is 18.3 Å². The molecule has 1 aromatic heterocycles. The highest BCUT2D eigenvalue weighted by molar-refractivity contribution is 5.60. The maximum absolute atomic E-state index is 11.7. The molecule has 1 aliphatic rings. The molecule has 100 valence electrons. The van der Waals surface area contributed by atoms with Crippen molar-refractivity contribution in [3.63, 3.8) is 0 Å². The molecule has 2 rings (SSSR count). The van der Waals surface area contributed by atoms with Crippen molar-refractivity contribution in [1.82, 2.24) is 9.55 Å². The molecule has 0 saturated heterocycles. The van der Waals surface area contributed by atoms with E-state index in [4.69, 9.17) is 5.73 Å². The van der Waals surface area contributed by atoms with Crippen molar-refractivity contribution in [2.75, 3.05) is 17.6 Å². The lowest BCUT2D eigenvalue weighted by Crippen LogP contribution is -2.33. The van der Waals surface area contributed by atoms with E-state index in [0.29, 0.717) is 17.5 Å². The van der Waals surface area contributed by atoms with Gasteiger partial charge in [0.05, 0.1) is 0 Å². The molecule has 1 heterocycles. The maximum atomic E-state index is 11.7. The molecular weight excluding hydrogens is 232 g/mol. The molecule has 1 fully saturated rings. The van der Waals surface area contributed by atoms with E-state index in [9.17, 15) is 9.59 Å². The molecule has 6 heteroatoms. The number of hydrogen-bond acceptors (Lipinski definition) is 4. The third kappa shape index (κ3) is 2.27. The minimum atomic E-state index is -0.489. The summed E-state index contributed by atoms with van der Waals surface area (Å²) < 4.78 is 1.24. The lowest BCUT2D eigenvalue weighted by atomic mass is 9.98. The number of hydrogen-bond donors (Lipinski definition) is 3. The Labute approximate surface area is 105 Å². The first-order valence-electron chi connectivity index (χ1n) is 6.33. The minimum Gasteiger partial charge on any atom is -0.383 e. The third-order valence-electron chi connectivity index (χ3n) is 3.95. The van der Waals surface area contributed by atoms with Crippen LogP contribution in [0.3, 0.4) is 0 Å². The number of rotatable bonds is 3. The van der Waals surface area contributed by atoms with E-state index >= 15 is 0 Å². The van der Waals surface area contributed by atoms with Gasteiger partial charge in [0, 0.05) is 13.6 Å². The molecule has 0 aliphatic heterocycles. The predicted octanol–water partition coefficient (Wildman–Crippen LogP) is 0.504. The van der Waals surface area contributed by atoms with Gasteiger partial charge < -0.3 is 11.1 Å². The van der Waals surface area contributed by atoms with Gasteiger partial charge in [0.1, 0.15) is 11.5 Å². The van der Waals surface area contributed by atoms with Crippen LogP contribution in [-0.2, 0) is 7.05 Å². The zero-order chi connectivity index (χ0) is 13.3. The number of nitrogens with two attached hydrogens (primary N) is 1. The molecule has 0 aromatic carbocycles. The van der Waals surface area contributed by atoms with Crippen molar-refractivity contribution >= 4 is 11.5 Å². The standard InChI is InChI=1S/C12H20N4O2/c1-7-4-3-5-8(7)6-14-9-10(13)16(2)12(18)15-11(9)17/h7-8,14H,3-6,13H2,1-2H3,(H,15,17,18). The summed E-state index contributed by atoms with van der Waals surface area (Å²) in [6, 6.07) is 0. The van der Waals surface area contributed by atoms with Gasteiger partial charge in [-0.2, -0.15) is 0 Å². The van der Waals surface area contributed by atoms with Crippen LogP contribution in [0.4, 0.5) is 11.5 Å². The van der Waals surface area contributed by atoms with Crippen LogP contribution in [0, 0.1) is 11.8 Å². The highest BCUT2D eigenvalue weighted by atomic mass is 16.2. The SMILES string of the molecule is CC1CCCC1CNc1c(N)n(C)c(=O)[nH]c1=O. The largest absolute Gasteiger partial charge is 0.383 e. The number of aromatic amines is 1. The summed E-state index contributed by atoms with van der Waals surface area (Å²) in [5.74, 6) is 1.43. The zero-order valence-corrected chi connectivity index (χ0v) is 10.8. The van der Waals surface area contributed by atoms with E-state index in [2.05, 4.69) is 17.2 Å². The van der Waals surface area contributed by atoms with Gasteiger partial charge in [-0.25, -0.2) is 4.79 Å². The molecule has 0 bridgehead atoms. The summed E-state index contributed by atoms with van der Waals surface area (Å²) in [5.41, 5.74) is 5.15. The van der Waals surface area contributed by atoms with Gasteiger partial charge in [-0.3, -0.25) is 14.3 Å². The number of aromatic nitrogens is 2. The Hall–Kier alpha value is -1.72. The van der Waals surface area contributed by atoms with E-state index in [1.807, 2.05) is 0 Å². The summed E-state index contributed by atoms with van der Waals surface area (Å²) in [6.07, 6.45) is 3.66. The van der Waals surface area contributed by atoms with Gasteiger partial charge in [0.25, 0.3) is 5.56 Å². The number of nitrogen functional groups attached to an aromatic ring is 1. The molecule has 0 amide bonds. The van der Waals surface area contributed by atoms with Crippen LogP contribution in [0.1, 0.15) is 26.2 Å². The van der Waals surface area contributed by atoms with Gasteiger partial charge in [0.15, 0.2) is 0 Å². The van der Waals surface area contributed by atoms with Crippen molar-refractivity contribution in [2.24, 2.45) is 18.9 Å². The molecule has 1 aliphatic carbocycles. The van der Waals surface area contributed by atoms with Gasteiger partial charge in [-0.15, -0.1) is 0 Å². The fourth-order valence-corrected chi connectivity index (χ4v) is 2.57. The number of anilines is 2. The Kier molecular flexibility index (Phi) is 3.45. The van der Waals surface area contributed by atoms with Crippen molar-refractivity contribution in [3.05, 3.63) is 20.8 Å². The van der Waals surface area contributed by atoms with Crippen LogP contribution >= 0.6 is 0 Å². The first-order chi connectivity index (χ1) is 8.50. The molecule has 6 nitrogen and oxygen atoms in total. The Morgan fingerprint density at radius 2 is 2.17 bits per heavy atom. The summed E-state index contributed by atoms with van der Waals surface area (Å²) in [7, 11) is 1.54. The number of nitrogens with one attached hydrogen (secondary N) is 2. The highest BCUT2D eigenvalue weighted by Crippen LogP contribution is 2.31. The van der Waals surface area contributed by atoms with Crippen LogP contribution in [0.15, 0.2) is 9.59 Å². The summed E-state index contributed by atoms with van der Waals surface area (Å²) in [5, 5.41) is 3.09. The highest BCUT2D eigenvalue weighted by Gasteiger charge is 2.23. The van der Waals surface area contributed by atoms with Crippen molar-refractivity contribution < 1.29 is 0 Å². The van der Waals surface area contributed by atoms with E-state index in [0.717, 1.165) is 6.54 Å². The fourth-order valence-electron chi connectivity index (χ4n) is 2.57. The van der Waals surface area contributed by atoms with E-state index in [1.54, 1.807) is 0 Å². The lowest BCUT2D eigenvalue weighted by molar-refractivity contribution is 0.439. The average molecular weight is 252 g/mol. The Morgan fingerprint density at radius 1 is 1.44 bits per heavy atom. The molecule has 1 aromatic rings. The van der Waals surface area contributed by atoms with Crippen LogP contribution in [0.2, 0.25) is 0 Å². The fraction of sp³-hybridized carbons (Fsp3) is 0.667. The summed E-state index contributed by atoms with van der Waals surface area (Å²) >= 11 is 0. The zero-order valence-electron chi connectivity index (χ0n) is 10.8. The molecule has 4 N–H and O–H groups in total. The van der Waals surface area contributed by atoms with Gasteiger partial charge >= 0.3 is 5.69 Å². The van der Waals surface area contributed by atoms with E-state index in [1.165, 1.54) is 30.9 Å². The van der Waals surface area contributed by atoms with Gasteiger partial charge in [-0.1, -0.05) is 19.8 Å². The molecular formula is C12H20N4O2. The monoisotopic (exact) mass is 252 g/mol. The number of H-pyrrole nitrogens is 1.